The van der Waals surface area contributed by atoms with E-state index in [1.54, 1.807) is 0 Å². The van der Waals surface area contributed by atoms with Crippen LogP contribution in [-0.2, 0) is 23.8 Å². The van der Waals surface area contributed by atoms with Crippen molar-refractivity contribution in [2.75, 3.05) is 7.11 Å². The molecule has 2 heterocycles. The fourth-order valence-electron chi connectivity index (χ4n) is 4.13. The molecule has 2 fully saturated rings. The van der Waals surface area contributed by atoms with Crippen molar-refractivity contribution >= 4 is 45.9 Å². The summed E-state index contributed by atoms with van der Waals surface area (Å²) in [5.74, 6) is 4.77. The van der Waals surface area contributed by atoms with Crippen molar-refractivity contribution in [3.8, 4) is 11.8 Å². The van der Waals surface area contributed by atoms with E-state index in [2.05, 4.69) is 47.9 Å². The molecule has 0 aliphatic carbocycles. The van der Waals surface area contributed by atoms with Gasteiger partial charge in [-0.25, -0.2) is 0 Å². The van der Waals surface area contributed by atoms with Gasteiger partial charge >= 0.3 is 5.97 Å². The minimum atomic E-state index is -1.06. The molecule has 0 aromatic heterocycles. The highest BCUT2D eigenvalue weighted by Gasteiger charge is 2.47. The number of allylic oxidation sites excluding steroid dienone is 1. The first-order valence-electron chi connectivity index (χ1n) is 10.7. The Bertz CT molecular complexity index is 715. The van der Waals surface area contributed by atoms with E-state index >= 15 is 0 Å². The highest BCUT2D eigenvalue weighted by Crippen LogP contribution is 2.39. The molecule has 0 amide bonds. The first-order valence-corrected chi connectivity index (χ1v) is 12.2. The first-order chi connectivity index (χ1) is 14.6. The Morgan fingerprint density at radius 3 is 2.65 bits per heavy atom. The van der Waals surface area contributed by atoms with Gasteiger partial charge in [-0.05, 0) is 69.6 Å². The SMILES string of the molecule is C=C(I)C[C@H](Cl)CCC(=O)C#C[C@H](O)C1O[C@H]2CC[C@H](CC(=O)OC)O[C@@H]2[C@H](C)[C@@H]1C. The summed E-state index contributed by atoms with van der Waals surface area (Å²) >= 11 is 8.30. The summed E-state index contributed by atoms with van der Waals surface area (Å²) in [6.45, 7) is 7.86. The predicted octanol–water partition coefficient (Wildman–Crippen LogP) is 3.80. The molecule has 2 aliphatic heterocycles. The number of hydrogen-bond acceptors (Lipinski definition) is 6. The molecule has 2 saturated heterocycles. The summed E-state index contributed by atoms with van der Waals surface area (Å²) in [5, 5.41) is 10.5. The fourth-order valence-corrected chi connectivity index (χ4v) is 5.22. The van der Waals surface area contributed by atoms with Crippen LogP contribution in [0.4, 0.5) is 0 Å². The van der Waals surface area contributed by atoms with Gasteiger partial charge in [-0.1, -0.05) is 26.3 Å². The van der Waals surface area contributed by atoms with Gasteiger partial charge < -0.3 is 19.3 Å². The Morgan fingerprint density at radius 1 is 1.29 bits per heavy atom. The summed E-state index contributed by atoms with van der Waals surface area (Å²) in [7, 11) is 1.37. The van der Waals surface area contributed by atoms with Crippen molar-refractivity contribution in [3.05, 3.63) is 10.2 Å². The number of methoxy groups -OCH3 is 1. The molecule has 1 N–H and O–H groups in total. The van der Waals surface area contributed by atoms with E-state index < -0.39 is 12.2 Å². The molecule has 8 heteroatoms. The molecular formula is C23H32ClIO6. The zero-order valence-corrected chi connectivity index (χ0v) is 21.2. The van der Waals surface area contributed by atoms with Crippen LogP contribution >= 0.6 is 34.2 Å². The second-order valence-electron chi connectivity index (χ2n) is 8.43. The minimum Gasteiger partial charge on any atom is -0.469 e. The Labute approximate surface area is 203 Å². The fraction of sp³-hybridized carbons (Fsp3) is 0.739. The third-order valence-corrected chi connectivity index (χ3v) is 6.92. The summed E-state index contributed by atoms with van der Waals surface area (Å²) in [6.07, 6.45) is 1.02. The summed E-state index contributed by atoms with van der Waals surface area (Å²) in [4.78, 5) is 23.6. The van der Waals surface area contributed by atoms with Crippen LogP contribution in [0.1, 0.15) is 52.4 Å². The highest BCUT2D eigenvalue weighted by atomic mass is 127. The number of rotatable bonds is 8. The standard InChI is InChI=1S/C23H32ClIO6/c1-13(25)11-16(24)5-6-17(26)7-9-19(27)22-14(2)15(3)23-20(31-22)10-8-18(30-23)12-21(28)29-4/h14-16,18-20,22-23,27H,1,5-6,8,10-12H2,2-4H3/t14-,15+,16+,18+,19-,20-,22?,23+/m0/s1. The maximum Gasteiger partial charge on any atom is 0.308 e. The number of halogens is 2. The van der Waals surface area contributed by atoms with E-state index in [0.29, 0.717) is 19.3 Å². The number of carbonyl (C=O) groups is 2. The van der Waals surface area contributed by atoms with Gasteiger partial charge in [0.1, 0.15) is 6.10 Å². The number of ether oxygens (including phenoxy) is 3. The molecule has 0 aromatic rings. The van der Waals surface area contributed by atoms with Gasteiger partial charge in [0.15, 0.2) is 0 Å². The van der Waals surface area contributed by atoms with Crippen molar-refractivity contribution in [1.82, 2.24) is 0 Å². The number of aliphatic hydroxyl groups excluding tert-OH is 1. The lowest BCUT2D eigenvalue weighted by atomic mass is 9.77. The smallest absolute Gasteiger partial charge is 0.308 e. The summed E-state index contributed by atoms with van der Waals surface area (Å²) in [5.41, 5.74) is 0. The largest absolute Gasteiger partial charge is 0.469 e. The van der Waals surface area contributed by atoms with Gasteiger partial charge in [-0.2, -0.15) is 0 Å². The third kappa shape index (κ3) is 8.01. The molecule has 2 rings (SSSR count). The van der Waals surface area contributed by atoms with Crippen molar-refractivity contribution in [1.29, 1.82) is 0 Å². The quantitative estimate of drug-likeness (QED) is 0.158. The molecule has 6 nitrogen and oxygen atoms in total. The molecule has 0 radical (unpaired) electrons. The normalized spacial score (nSPS) is 32.1. The van der Waals surface area contributed by atoms with Crippen molar-refractivity contribution in [2.24, 2.45) is 11.8 Å². The number of fused-ring (bicyclic) bond motifs is 1. The number of hydrogen-bond donors (Lipinski definition) is 1. The summed E-state index contributed by atoms with van der Waals surface area (Å²) < 4.78 is 18.0. The molecular weight excluding hydrogens is 535 g/mol. The zero-order valence-electron chi connectivity index (χ0n) is 18.3. The third-order valence-electron chi connectivity index (χ3n) is 6.11. The number of esters is 1. The van der Waals surface area contributed by atoms with Gasteiger partial charge in [0.2, 0.25) is 5.78 Å². The van der Waals surface area contributed by atoms with E-state index in [0.717, 1.165) is 10.0 Å². The van der Waals surface area contributed by atoms with Crippen LogP contribution in [0.2, 0.25) is 0 Å². The van der Waals surface area contributed by atoms with Gasteiger partial charge in [0, 0.05) is 11.8 Å². The lowest BCUT2D eigenvalue weighted by Gasteiger charge is -2.49. The van der Waals surface area contributed by atoms with Crippen LogP contribution in [0.15, 0.2) is 10.2 Å². The second-order valence-corrected chi connectivity index (χ2v) is 10.6. The zero-order chi connectivity index (χ0) is 23.1. The van der Waals surface area contributed by atoms with E-state index in [1.807, 2.05) is 6.92 Å². The Balaban J connectivity index is 1.91. The van der Waals surface area contributed by atoms with Crippen molar-refractivity contribution < 1.29 is 28.9 Å². The van der Waals surface area contributed by atoms with Crippen LogP contribution in [0.5, 0.6) is 0 Å². The first kappa shape index (κ1) is 26.6. The number of aliphatic hydroxyl groups is 1. The van der Waals surface area contributed by atoms with Crippen molar-refractivity contribution in [2.45, 2.75) is 88.3 Å². The lowest BCUT2D eigenvalue weighted by molar-refractivity contribution is -0.238. The van der Waals surface area contributed by atoms with Gasteiger partial charge in [0.05, 0.1) is 37.9 Å². The predicted molar refractivity (Wildman–Crippen MR) is 127 cm³/mol. The molecule has 174 valence electrons. The Morgan fingerprint density at radius 2 is 2.00 bits per heavy atom. The number of carbonyl (C=O) groups excluding carboxylic acids is 2. The average molecular weight is 567 g/mol. The van der Waals surface area contributed by atoms with E-state index in [9.17, 15) is 14.7 Å². The molecule has 1 unspecified atom stereocenters. The molecule has 8 atom stereocenters. The number of Topliss-reactive ketones (excluding diaryl/α,β-unsaturated/α-hetero) is 1. The molecule has 31 heavy (non-hydrogen) atoms. The van der Waals surface area contributed by atoms with E-state index in [4.69, 9.17) is 25.8 Å². The Hall–Kier alpha value is -0.660. The van der Waals surface area contributed by atoms with Crippen LogP contribution in [0.25, 0.3) is 0 Å². The number of ketones is 1. The van der Waals surface area contributed by atoms with Gasteiger partial charge in [-0.15, -0.1) is 11.6 Å². The second kappa shape index (κ2) is 12.5. The van der Waals surface area contributed by atoms with Crippen LogP contribution in [0, 0.1) is 23.7 Å². The van der Waals surface area contributed by atoms with Crippen LogP contribution in [0.3, 0.4) is 0 Å². The molecule has 0 bridgehead atoms. The van der Waals surface area contributed by atoms with Gasteiger partial charge in [-0.3, -0.25) is 9.59 Å². The minimum absolute atomic E-state index is 0.0283. The highest BCUT2D eigenvalue weighted by molar-refractivity contribution is 14.1. The van der Waals surface area contributed by atoms with E-state index in [1.165, 1.54) is 7.11 Å². The van der Waals surface area contributed by atoms with Gasteiger partial charge in [0.25, 0.3) is 0 Å². The van der Waals surface area contributed by atoms with E-state index in [-0.39, 0.29) is 60.1 Å². The summed E-state index contributed by atoms with van der Waals surface area (Å²) in [6, 6.07) is 0. The average Bonchev–Trinajstić information content (AvgIpc) is 2.72. The van der Waals surface area contributed by atoms with Crippen LogP contribution < -0.4 is 0 Å². The Kier molecular flexibility index (Phi) is 10.8. The van der Waals surface area contributed by atoms with Crippen molar-refractivity contribution in [3.63, 3.8) is 0 Å². The maximum atomic E-state index is 12.1. The van der Waals surface area contributed by atoms with Crippen LogP contribution in [-0.4, -0.2) is 59.9 Å². The molecule has 0 saturated carbocycles. The monoisotopic (exact) mass is 566 g/mol. The maximum absolute atomic E-state index is 12.1. The topological polar surface area (TPSA) is 82.1 Å². The molecule has 2 aliphatic rings. The molecule has 0 spiro atoms. The lowest BCUT2D eigenvalue weighted by Crippen LogP contribution is -2.56. The number of alkyl halides is 1. The molecule has 0 aromatic carbocycles.